The van der Waals surface area contributed by atoms with E-state index in [0.29, 0.717) is 23.5 Å². The molecular weight excluding hydrogens is 359 g/mol. The first-order chi connectivity index (χ1) is 12.5. The number of nitrogens with one attached hydrogen (secondary N) is 2. The number of aromatic nitrogens is 4. The van der Waals surface area contributed by atoms with Gasteiger partial charge < -0.3 is 10.3 Å². The molecule has 2 aromatic heterocycles. The van der Waals surface area contributed by atoms with Crippen LogP contribution in [0.2, 0.25) is 5.02 Å². The number of benzene rings is 1. The Hall–Kier alpha value is -3.18. The molecule has 1 aromatic carbocycles. The molecule has 132 valence electrons. The van der Waals surface area contributed by atoms with Crippen LogP contribution < -0.4 is 5.32 Å². The number of imidazole rings is 1. The number of H-pyrrole nitrogens is 1. The first kappa shape index (κ1) is 17.6. The van der Waals surface area contributed by atoms with Crippen molar-refractivity contribution in [3.05, 3.63) is 59.0 Å². The fourth-order valence-electron chi connectivity index (χ4n) is 2.45. The van der Waals surface area contributed by atoms with Crippen LogP contribution in [-0.2, 0) is 6.54 Å². The summed E-state index contributed by atoms with van der Waals surface area (Å²) in [4.78, 5) is 18.5. The molecule has 2 heterocycles. The van der Waals surface area contributed by atoms with E-state index in [0.717, 1.165) is 0 Å². The van der Waals surface area contributed by atoms with E-state index in [2.05, 4.69) is 20.4 Å². The number of halogens is 2. The number of carbonyl (C=O) groups excluding carboxylic acids is 1. The van der Waals surface area contributed by atoms with Gasteiger partial charge in [0.1, 0.15) is 23.1 Å². The number of amides is 1. The lowest BCUT2D eigenvalue weighted by Gasteiger charge is -2.13. The lowest BCUT2D eigenvalue weighted by molar-refractivity contribution is 0.0931. The van der Waals surface area contributed by atoms with Gasteiger partial charge in [0.2, 0.25) is 0 Å². The van der Waals surface area contributed by atoms with Gasteiger partial charge in [0, 0.05) is 17.8 Å². The molecule has 3 aromatic rings. The van der Waals surface area contributed by atoms with Crippen molar-refractivity contribution in [2.45, 2.75) is 19.5 Å². The summed E-state index contributed by atoms with van der Waals surface area (Å²) in [6.07, 6.45) is 4.59. The Bertz CT molecular complexity index is 953. The van der Waals surface area contributed by atoms with Crippen LogP contribution >= 0.6 is 11.6 Å². The summed E-state index contributed by atoms with van der Waals surface area (Å²) < 4.78 is 15.5. The molecule has 2 N–H and O–H groups in total. The second kappa shape index (κ2) is 7.37. The summed E-state index contributed by atoms with van der Waals surface area (Å²) in [5.41, 5.74) is 1.17. The monoisotopic (exact) mass is 372 g/mol. The minimum absolute atomic E-state index is 0.0391. The minimum Gasteiger partial charge on any atom is -0.346 e. The second-order valence-corrected chi connectivity index (χ2v) is 6.10. The lowest BCUT2D eigenvalue weighted by atomic mass is 10.1. The molecule has 9 heteroatoms. The van der Waals surface area contributed by atoms with Crippen LogP contribution in [0.4, 0.5) is 4.39 Å². The molecule has 7 nitrogen and oxygen atoms in total. The highest BCUT2D eigenvalue weighted by molar-refractivity contribution is 6.32. The summed E-state index contributed by atoms with van der Waals surface area (Å²) in [6.45, 7) is 2.26. The fraction of sp³-hybridized carbons (Fsp3) is 0.176. The van der Waals surface area contributed by atoms with Crippen LogP contribution in [0.15, 0.2) is 36.9 Å². The first-order valence-corrected chi connectivity index (χ1v) is 8.08. The summed E-state index contributed by atoms with van der Waals surface area (Å²) in [6, 6.07) is 5.96. The van der Waals surface area contributed by atoms with Gasteiger partial charge in [-0.1, -0.05) is 11.6 Å². The normalized spacial score (nSPS) is 11.8. The van der Waals surface area contributed by atoms with Gasteiger partial charge in [-0.05, 0) is 25.1 Å². The van der Waals surface area contributed by atoms with Crippen LogP contribution in [0.3, 0.4) is 0 Å². The Kier molecular flexibility index (Phi) is 5.00. The number of aromatic amines is 1. The number of hydrogen-bond donors (Lipinski definition) is 2. The molecule has 0 bridgehead atoms. The molecule has 0 saturated heterocycles. The molecule has 0 radical (unpaired) electrons. The summed E-state index contributed by atoms with van der Waals surface area (Å²) in [5.74, 6) is -0.951. The number of hydrogen-bond acceptors (Lipinski definition) is 4. The van der Waals surface area contributed by atoms with Gasteiger partial charge >= 0.3 is 0 Å². The third-order valence-electron chi connectivity index (χ3n) is 3.67. The van der Waals surface area contributed by atoms with Gasteiger partial charge in [-0.15, -0.1) is 0 Å². The number of carbonyl (C=O) groups is 1. The van der Waals surface area contributed by atoms with Gasteiger partial charge in [0.25, 0.3) is 5.91 Å². The standard InChI is InChI=1S/C17H14ClFN6O/c1-10(23-17(26)16-7-21-9-22-16)8-25-3-2-15(24-25)11-4-13(18)12(6-20)14(19)5-11/h2-5,7,9-10H,8H2,1H3,(H,21,22)(H,23,26). The van der Waals surface area contributed by atoms with Crippen LogP contribution in [0, 0.1) is 17.1 Å². The molecule has 0 aliphatic heterocycles. The van der Waals surface area contributed by atoms with Gasteiger partial charge in [-0.3, -0.25) is 9.48 Å². The molecule has 1 unspecified atom stereocenters. The largest absolute Gasteiger partial charge is 0.346 e. The predicted molar refractivity (Wildman–Crippen MR) is 92.9 cm³/mol. The van der Waals surface area contributed by atoms with Crippen LogP contribution in [0.5, 0.6) is 0 Å². The molecular formula is C17H14ClFN6O. The maximum absolute atomic E-state index is 13.9. The SMILES string of the molecule is CC(Cn1ccc(-c2cc(F)c(C#N)c(Cl)c2)n1)NC(=O)c1cnc[nH]1. The van der Waals surface area contributed by atoms with E-state index in [-0.39, 0.29) is 22.5 Å². The van der Waals surface area contributed by atoms with E-state index in [1.165, 1.54) is 24.7 Å². The molecule has 0 saturated carbocycles. The average molecular weight is 373 g/mol. The van der Waals surface area contributed by atoms with Crippen molar-refractivity contribution in [1.29, 1.82) is 5.26 Å². The highest BCUT2D eigenvalue weighted by Gasteiger charge is 2.14. The zero-order valence-electron chi connectivity index (χ0n) is 13.7. The molecule has 0 spiro atoms. The molecule has 1 atom stereocenters. The van der Waals surface area contributed by atoms with Crippen molar-refractivity contribution in [2.24, 2.45) is 0 Å². The number of nitrogens with zero attached hydrogens (tertiary/aromatic N) is 4. The number of nitriles is 1. The Morgan fingerprint density at radius 2 is 2.35 bits per heavy atom. The Labute approximate surface area is 153 Å². The van der Waals surface area contributed by atoms with E-state index in [1.807, 2.05) is 6.92 Å². The minimum atomic E-state index is -0.690. The maximum Gasteiger partial charge on any atom is 0.269 e. The third-order valence-corrected chi connectivity index (χ3v) is 3.97. The average Bonchev–Trinajstić information content (AvgIpc) is 3.26. The van der Waals surface area contributed by atoms with Gasteiger partial charge in [0.05, 0.1) is 29.8 Å². The first-order valence-electron chi connectivity index (χ1n) is 7.70. The van der Waals surface area contributed by atoms with Gasteiger partial charge in [0.15, 0.2) is 0 Å². The second-order valence-electron chi connectivity index (χ2n) is 5.69. The van der Waals surface area contributed by atoms with E-state index < -0.39 is 5.82 Å². The van der Waals surface area contributed by atoms with Crippen LogP contribution in [-0.4, -0.2) is 31.7 Å². The van der Waals surface area contributed by atoms with E-state index in [1.54, 1.807) is 23.0 Å². The van der Waals surface area contributed by atoms with Gasteiger partial charge in [-0.2, -0.15) is 10.4 Å². The van der Waals surface area contributed by atoms with Crippen molar-refractivity contribution in [3.63, 3.8) is 0 Å². The zero-order valence-corrected chi connectivity index (χ0v) is 14.5. The Balaban J connectivity index is 1.70. The summed E-state index contributed by atoms with van der Waals surface area (Å²) in [5, 5.41) is 16.1. The fourth-order valence-corrected chi connectivity index (χ4v) is 2.70. The Morgan fingerprint density at radius 3 is 3.00 bits per heavy atom. The van der Waals surface area contributed by atoms with Gasteiger partial charge in [-0.25, -0.2) is 9.37 Å². The van der Waals surface area contributed by atoms with Crippen molar-refractivity contribution >= 4 is 17.5 Å². The zero-order chi connectivity index (χ0) is 18.7. The highest BCUT2D eigenvalue weighted by atomic mass is 35.5. The molecule has 0 aliphatic rings. The topological polar surface area (TPSA) is 99.4 Å². The summed E-state index contributed by atoms with van der Waals surface area (Å²) >= 11 is 5.93. The molecule has 3 rings (SSSR count). The van der Waals surface area contributed by atoms with Crippen LogP contribution in [0.25, 0.3) is 11.3 Å². The quantitative estimate of drug-likeness (QED) is 0.719. The lowest BCUT2D eigenvalue weighted by Crippen LogP contribution is -2.36. The number of rotatable bonds is 5. The van der Waals surface area contributed by atoms with Crippen molar-refractivity contribution in [3.8, 4) is 17.3 Å². The maximum atomic E-state index is 13.9. The van der Waals surface area contributed by atoms with Crippen molar-refractivity contribution < 1.29 is 9.18 Å². The Morgan fingerprint density at radius 1 is 1.54 bits per heavy atom. The summed E-state index contributed by atoms with van der Waals surface area (Å²) in [7, 11) is 0. The van der Waals surface area contributed by atoms with E-state index >= 15 is 0 Å². The smallest absolute Gasteiger partial charge is 0.269 e. The molecule has 0 fully saturated rings. The molecule has 26 heavy (non-hydrogen) atoms. The molecule has 1 amide bonds. The van der Waals surface area contributed by atoms with Crippen LogP contribution in [0.1, 0.15) is 23.0 Å². The van der Waals surface area contributed by atoms with E-state index in [9.17, 15) is 9.18 Å². The highest BCUT2D eigenvalue weighted by Crippen LogP contribution is 2.26. The third kappa shape index (κ3) is 3.73. The molecule has 0 aliphatic carbocycles. The predicted octanol–water partition coefficient (Wildman–Crippen LogP) is 2.76. The van der Waals surface area contributed by atoms with E-state index in [4.69, 9.17) is 16.9 Å². The van der Waals surface area contributed by atoms with Crippen molar-refractivity contribution in [1.82, 2.24) is 25.1 Å². The van der Waals surface area contributed by atoms with Crippen molar-refractivity contribution in [2.75, 3.05) is 0 Å².